The minimum atomic E-state index is -0.00331. The molecule has 1 aliphatic carbocycles. The van der Waals surface area contributed by atoms with Gasteiger partial charge in [0.2, 0.25) is 11.8 Å². The van der Waals surface area contributed by atoms with Crippen LogP contribution in [0.2, 0.25) is 0 Å². The van der Waals surface area contributed by atoms with Gasteiger partial charge in [0.25, 0.3) is 5.56 Å². The molecule has 0 bridgehead atoms. The van der Waals surface area contributed by atoms with Crippen molar-refractivity contribution in [1.29, 1.82) is 0 Å². The van der Waals surface area contributed by atoms with Gasteiger partial charge < -0.3 is 4.42 Å². The molecule has 34 heavy (non-hydrogen) atoms. The predicted octanol–water partition coefficient (Wildman–Crippen LogP) is 5.85. The minimum Gasteiger partial charge on any atom is -0.421 e. The van der Waals surface area contributed by atoms with Crippen LogP contribution in [0, 0.1) is 12.8 Å². The van der Waals surface area contributed by atoms with Crippen molar-refractivity contribution in [3.05, 3.63) is 52.3 Å². The quantitative estimate of drug-likeness (QED) is 0.255. The van der Waals surface area contributed by atoms with Gasteiger partial charge in [-0.3, -0.25) is 9.36 Å². The highest BCUT2D eigenvalue weighted by Crippen LogP contribution is 2.34. The van der Waals surface area contributed by atoms with Crippen LogP contribution in [0.25, 0.3) is 33.6 Å². The van der Waals surface area contributed by atoms with Gasteiger partial charge in [-0.05, 0) is 61.3 Å². The largest absolute Gasteiger partial charge is 0.421 e. The van der Waals surface area contributed by atoms with Crippen molar-refractivity contribution >= 4 is 22.8 Å². The van der Waals surface area contributed by atoms with E-state index in [0.29, 0.717) is 28.4 Å². The van der Waals surface area contributed by atoms with Gasteiger partial charge in [0.05, 0.1) is 0 Å². The number of rotatable bonds is 6. The average molecular weight is 476 g/mol. The van der Waals surface area contributed by atoms with Gasteiger partial charge in [-0.2, -0.15) is 0 Å². The van der Waals surface area contributed by atoms with Crippen molar-refractivity contribution in [2.24, 2.45) is 5.92 Å². The SMILES string of the molecule is CSc1ncc2cc(-c3cc(-c4nnc(CC(C)C)o4)ccc3C)c(=O)n(C3CCCC3)c2n1. The molecular formula is C26H29N5O2S. The zero-order chi connectivity index (χ0) is 23.8. The van der Waals surface area contributed by atoms with Crippen LogP contribution in [0.4, 0.5) is 0 Å². The topological polar surface area (TPSA) is 86.7 Å². The zero-order valence-corrected chi connectivity index (χ0v) is 20.9. The van der Waals surface area contributed by atoms with E-state index in [9.17, 15) is 4.79 Å². The summed E-state index contributed by atoms with van der Waals surface area (Å²) in [5.41, 5.74) is 4.07. The smallest absolute Gasteiger partial charge is 0.260 e. The summed E-state index contributed by atoms with van der Waals surface area (Å²) in [5, 5.41) is 10.0. The minimum absolute atomic E-state index is 0.00331. The first-order valence-corrected chi connectivity index (χ1v) is 13.1. The standard InChI is InChI=1S/C26H29N5O2S/c1-15(2)11-22-29-30-24(33-22)17-10-9-16(3)20(12-17)21-13-18-14-27-26(34-4)28-23(18)31(25(21)32)19-7-5-6-8-19/h9-10,12-15,19H,5-8,11H2,1-4H3. The number of pyridine rings is 1. The van der Waals surface area contributed by atoms with Crippen molar-refractivity contribution in [2.45, 2.75) is 64.1 Å². The van der Waals surface area contributed by atoms with Crippen LogP contribution in [0.5, 0.6) is 0 Å². The van der Waals surface area contributed by atoms with Crippen molar-refractivity contribution in [1.82, 2.24) is 24.7 Å². The third-order valence-electron chi connectivity index (χ3n) is 6.45. The van der Waals surface area contributed by atoms with E-state index in [1.54, 1.807) is 0 Å². The Balaban J connectivity index is 1.67. The van der Waals surface area contributed by atoms with Crippen LogP contribution in [0.1, 0.15) is 57.0 Å². The summed E-state index contributed by atoms with van der Waals surface area (Å²) in [5.74, 6) is 1.53. The number of benzene rings is 1. The molecule has 1 fully saturated rings. The maximum atomic E-state index is 13.9. The molecule has 0 spiro atoms. The maximum Gasteiger partial charge on any atom is 0.260 e. The average Bonchev–Trinajstić information content (AvgIpc) is 3.51. The van der Waals surface area contributed by atoms with Gasteiger partial charge in [-0.1, -0.05) is 44.5 Å². The van der Waals surface area contributed by atoms with E-state index in [2.05, 4.69) is 29.0 Å². The van der Waals surface area contributed by atoms with Gasteiger partial charge in [-0.15, -0.1) is 10.2 Å². The maximum absolute atomic E-state index is 13.9. The third-order valence-corrected chi connectivity index (χ3v) is 7.01. The Hall–Kier alpha value is -3.00. The van der Waals surface area contributed by atoms with Crippen LogP contribution in [-0.2, 0) is 6.42 Å². The lowest BCUT2D eigenvalue weighted by Crippen LogP contribution is -2.26. The lowest BCUT2D eigenvalue weighted by molar-refractivity contribution is 0.466. The van der Waals surface area contributed by atoms with Gasteiger partial charge in [-0.25, -0.2) is 9.97 Å². The van der Waals surface area contributed by atoms with E-state index in [-0.39, 0.29) is 11.6 Å². The zero-order valence-electron chi connectivity index (χ0n) is 20.0. The first-order valence-electron chi connectivity index (χ1n) is 11.8. The van der Waals surface area contributed by atoms with E-state index in [0.717, 1.165) is 59.8 Å². The molecule has 1 aliphatic rings. The molecule has 7 nitrogen and oxygen atoms in total. The molecule has 5 rings (SSSR count). The van der Waals surface area contributed by atoms with Crippen LogP contribution >= 0.6 is 11.8 Å². The van der Waals surface area contributed by atoms with Crippen LogP contribution in [-0.4, -0.2) is 31.0 Å². The van der Waals surface area contributed by atoms with E-state index >= 15 is 0 Å². The molecule has 0 N–H and O–H groups in total. The Morgan fingerprint density at radius 2 is 1.94 bits per heavy atom. The Morgan fingerprint density at radius 1 is 1.15 bits per heavy atom. The lowest BCUT2D eigenvalue weighted by atomic mass is 9.98. The van der Waals surface area contributed by atoms with Gasteiger partial charge in [0.1, 0.15) is 5.65 Å². The molecule has 0 aliphatic heterocycles. The number of hydrogen-bond donors (Lipinski definition) is 0. The summed E-state index contributed by atoms with van der Waals surface area (Å²) in [7, 11) is 0. The molecule has 0 radical (unpaired) electrons. The Labute approximate surface area is 203 Å². The third kappa shape index (κ3) is 4.27. The summed E-state index contributed by atoms with van der Waals surface area (Å²) >= 11 is 1.49. The molecule has 0 amide bonds. The first kappa shape index (κ1) is 22.8. The molecule has 8 heteroatoms. The molecule has 4 aromatic rings. The highest BCUT2D eigenvalue weighted by molar-refractivity contribution is 7.98. The molecule has 176 valence electrons. The second kappa shape index (κ2) is 9.33. The van der Waals surface area contributed by atoms with Crippen molar-refractivity contribution in [3.63, 3.8) is 0 Å². The first-order chi connectivity index (χ1) is 16.4. The number of hydrogen-bond acceptors (Lipinski definition) is 7. The van der Waals surface area contributed by atoms with Gasteiger partial charge in [0, 0.05) is 35.2 Å². The Kier molecular flexibility index (Phi) is 6.25. The molecule has 3 heterocycles. The van der Waals surface area contributed by atoms with Gasteiger partial charge >= 0.3 is 0 Å². The van der Waals surface area contributed by atoms with E-state index in [1.165, 1.54) is 11.8 Å². The number of aryl methyl sites for hydroxylation is 1. The summed E-state index contributed by atoms with van der Waals surface area (Å²) < 4.78 is 7.83. The van der Waals surface area contributed by atoms with Crippen molar-refractivity contribution in [2.75, 3.05) is 6.26 Å². The molecule has 3 aromatic heterocycles. The summed E-state index contributed by atoms with van der Waals surface area (Å²) in [6.07, 6.45) is 8.78. The predicted molar refractivity (Wildman–Crippen MR) is 135 cm³/mol. The van der Waals surface area contributed by atoms with Crippen LogP contribution in [0.3, 0.4) is 0 Å². The second-order valence-corrected chi connectivity index (χ2v) is 10.2. The molecule has 0 unspecified atom stereocenters. The van der Waals surface area contributed by atoms with Crippen LogP contribution in [0.15, 0.2) is 44.8 Å². The fourth-order valence-electron chi connectivity index (χ4n) is 4.74. The second-order valence-electron chi connectivity index (χ2n) is 9.44. The fraction of sp³-hybridized carbons (Fsp3) is 0.423. The molecule has 1 saturated carbocycles. The lowest BCUT2D eigenvalue weighted by Gasteiger charge is -2.19. The van der Waals surface area contributed by atoms with E-state index in [4.69, 9.17) is 9.40 Å². The van der Waals surface area contributed by atoms with Crippen LogP contribution < -0.4 is 5.56 Å². The summed E-state index contributed by atoms with van der Waals surface area (Å²) in [4.78, 5) is 23.1. The fourth-order valence-corrected chi connectivity index (χ4v) is 5.08. The highest BCUT2D eigenvalue weighted by Gasteiger charge is 2.24. The van der Waals surface area contributed by atoms with E-state index in [1.807, 2.05) is 48.2 Å². The monoisotopic (exact) mass is 475 g/mol. The van der Waals surface area contributed by atoms with Crippen molar-refractivity contribution in [3.8, 4) is 22.6 Å². The van der Waals surface area contributed by atoms with E-state index < -0.39 is 0 Å². The van der Waals surface area contributed by atoms with Gasteiger partial charge in [0.15, 0.2) is 5.16 Å². The summed E-state index contributed by atoms with van der Waals surface area (Å²) in [6.45, 7) is 6.26. The number of fused-ring (bicyclic) bond motifs is 1. The highest BCUT2D eigenvalue weighted by atomic mass is 32.2. The summed E-state index contributed by atoms with van der Waals surface area (Å²) in [6, 6.07) is 8.06. The number of thioether (sulfide) groups is 1. The Morgan fingerprint density at radius 3 is 2.68 bits per heavy atom. The number of aromatic nitrogens is 5. The molecule has 0 saturated heterocycles. The molecular weight excluding hydrogens is 446 g/mol. The normalized spacial score (nSPS) is 14.5. The molecule has 1 aromatic carbocycles. The number of nitrogens with zero attached hydrogens (tertiary/aromatic N) is 5. The van der Waals surface area contributed by atoms with Crippen molar-refractivity contribution < 1.29 is 4.42 Å². The Bertz CT molecular complexity index is 1400. The molecule has 0 atom stereocenters.